The first kappa shape index (κ1) is 24.7. The molecule has 0 amide bonds. The fraction of sp³-hybridized carbons (Fsp3) is 0.464. The van der Waals surface area contributed by atoms with Gasteiger partial charge in [0, 0.05) is 37.8 Å². The van der Waals surface area contributed by atoms with E-state index < -0.39 is 0 Å². The van der Waals surface area contributed by atoms with E-state index in [1.807, 2.05) is 30.3 Å². The van der Waals surface area contributed by atoms with E-state index in [4.69, 9.17) is 20.0 Å². The molecule has 0 unspecified atom stereocenters. The van der Waals surface area contributed by atoms with Crippen LogP contribution in [0.3, 0.4) is 0 Å². The number of aromatic nitrogens is 4. The lowest BCUT2D eigenvalue weighted by molar-refractivity contribution is 0.0815. The standard InChI is InChI=1S/C28H36N8O2/c1-34-11-13-35(14-12-34)20-6-8-21(9-7-20)36-28-25(27(29)31-18-32-28)26(33-36)19-5-10-23(24(16-19)37-2)30-17-22-4-3-15-38-22/h3-5,10,15-16,18,20-21,30H,6-9,11-14,17H2,1-2H3,(H2,29,31,32)/t20-,21-. The van der Waals surface area contributed by atoms with Gasteiger partial charge in [0.05, 0.1) is 37.0 Å². The Hall–Kier alpha value is -3.63. The number of ether oxygens (including phenoxy) is 1. The van der Waals surface area contributed by atoms with Crippen LogP contribution in [0, 0.1) is 0 Å². The topological polar surface area (TPSA) is 110 Å². The van der Waals surface area contributed by atoms with Gasteiger partial charge < -0.3 is 25.1 Å². The molecule has 2 aliphatic rings. The second-order valence-electron chi connectivity index (χ2n) is 10.4. The number of hydrogen-bond donors (Lipinski definition) is 2. The Morgan fingerprint density at radius 2 is 1.84 bits per heavy atom. The molecule has 2 fully saturated rings. The highest BCUT2D eigenvalue weighted by Crippen LogP contribution is 2.39. The highest BCUT2D eigenvalue weighted by Gasteiger charge is 2.30. The summed E-state index contributed by atoms with van der Waals surface area (Å²) < 4.78 is 13.3. The first-order valence-electron chi connectivity index (χ1n) is 13.5. The number of piperazine rings is 1. The van der Waals surface area contributed by atoms with Crippen LogP contribution in [0.2, 0.25) is 0 Å². The summed E-state index contributed by atoms with van der Waals surface area (Å²) in [7, 11) is 3.88. The summed E-state index contributed by atoms with van der Waals surface area (Å²) in [5.74, 6) is 2.02. The van der Waals surface area contributed by atoms with Crippen LogP contribution in [-0.4, -0.2) is 75.9 Å². The van der Waals surface area contributed by atoms with E-state index in [2.05, 4.69) is 36.8 Å². The Morgan fingerprint density at radius 3 is 2.58 bits per heavy atom. The normalized spacial score (nSPS) is 21.1. The van der Waals surface area contributed by atoms with E-state index in [-0.39, 0.29) is 0 Å². The summed E-state index contributed by atoms with van der Waals surface area (Å²) in [4.78, 5) is 14.0. The summed E-state index contributed by atoms with van der Waals surface area (Å²) in [6.45, 7) is 5.21. The number of anilines is 2. The number of nitrogen functional groups attached to an aromatic ring is 1. The number of likely N-dealkylation sites (N-methyl/N-ethyl adjacent to an activating group) is 1. The molecule has 1 aliphatic heterocycles. The Kier molecular flexibility index (Phi) is 6.90. The minimum absolute atomic E-state index is 0.292. The number of methoxy groups -OCH3 is 1. The molecule has 1 aromatic carbocycles. The van der Waals surface area contributed by atoms with Gasteiger partial charge in [0.15, 0.2) is 5.65 Å². The van der Waals surface area contributed by atoms with Gasteiger partial charge in [-0.05, 0) is 57.0 Å². The molecule has 0 spiro atoms. The SMILES string of the molecule is COc1cc(-c2nn([C@H]3CC[C@H](N4CCN(C)CC4)CC3)c3ncnc(N)c23)ccc1NCc1ccco1. The van der Waals surface area contributed by atoms with Crippen LogP contribution in [-0.2, 0) is 6.54 Å². The first-order chi connectivity index (χ1) is 18.6. The van der Waals surface area contributed by atoms with Gasteiger partial charge in [-0.2, -0.15) is 5.10 Å². The average Bonchev–Trinajstić information content (AvgIpc) is 3.61. The molecule has 0 radical (unpaired) electrons. The van der Waals surface area contributed by atoms with E-state index in [0.29, 0.717) is 24.4 Å². The van der Waals surface area contributed by atoms with Crippen LogP contribution in [0.15, 0.2) is 47.3 Å². The van der Waals surface area contributed by atoms with Crippen LogP contribution in [0.1, 0.15) is 37.5 Å². The third kappa shape index (κ3) is 4.81. The van der Waals surface area contributed by atoms with Crippen LogP contribution in [0.4, 0.5) is 11.5 Å². The van der Waals surface area contributed by atoms with Crippen LogP contribution in [0.5, 0.6) is 5.75 Å². The number of fused-ring (bicyclic) bond motifs is 1. The smallest absolute Gasteiger partial charge is 0.164 e. The quantitative estimate of drug-likeness (QED) is 0.376. The van der Waals surface area contributed by atoms with Gasteiger partial charge in [0.25, 0.3) is 0 Å². The van der Waals surface area contributed by atoms with Gasteiger partial charge in [0.2, 0.25) is 0 Å². The van der Waals surface area contributed by atoms with Crippen molar-refractivity contribution < 1.29 is 9.15 Å². The Morgan fingerprint density at radius 1 is 1.05 bits per heavy atom. The molecule has 6 rings (SSSR count). The molecule has 0 bridgehead atoms. The Bertz CT molecular complexity index is 1370. The molecule has 3 aromatic heterocycles. The molecule has 1 saturated heterocycles. The van der Waals surface area contributed by atoms with Crippen molar-refractivity contribution in [2.45, 2.75) is 44.3 Å². The fourth-order valence-electron chi connectivity index (χ4n) is 5.89. The number of nitrogens with zero attached hydrogens (tertiary/aromatic N) is 6. The molecule has 4 aromatic rings. The second-order valence-corrected chi connectivity index (χ2v) is 10.4. The van der Waals surface area contributed by atoms with Gasteiger partial charge in [-0.1, -0.05) is 6.07 Å². The molecule has 200 valence electrons. The molecule has 38 heavy (non-hydrogen) atoms. The highest BCUT2D eigenvalue weighted by molar-refractivity contribution is 5.98. The molecule has 3 N–H and O–H groups in total. The summed E-state index contributed by atoms with van der Waals surface area (Å²) in [5, 5.41) is 9.29. The molecular formula is C28H36N8O2. The molecule has 1 saturated carbocycles. The van der Waals surface area contributed by atoms with Crippen molar-refractivity contribution in [3.8, 4) is 17.0 Å². The molecule has 10 nitrogen and oxygen atoms in total. The number of furan rings is 1. The maximum absolute atomic E-state index is 6.40. The van der Waals surface area contributed by atoms with Crippen molar-refractivity contribution in [3.05, 3.63) is 48.7 Å². The highest BCUT2D eigenvalue weighted by atomic mass is 16.5. The maximum atomic E-state index is 6.40. The summed E-state index contributed by atoms with van der Waals surface area (Å²) in [6.07, 6.45) is 7.72. The van der Waals surface area contributed by atoms with E-state index in [0.717, 1.165) is 65.4 Å². The van der Waals surface area contributed by atoms with Gasteiger partial charge in [-0.3, -0.25) is 4.90 Å². The first-order valence-corrected chi connectivity index (χ1v) is 13.5. The second kappa shape index (κ2) is 10.6. The van der Waals surface area contributed by atoms with E-state index >= 15 is 0 Å². The summed E-state index contributed by atoms with van der Waals surface area (Å²) in [5.41, 5.74) is 9.78. The van der Waals surface area contributed by atoms with Crippen LogP contribution in [0.25, 0.3) is 22.3 Å². The molecule has 4 heterocycles. The lowest BCUT2D eigenvalue weighted by Crippen LogP contribution is -2.49. The van der Waals surface area contributed by atoms with Crippen molar-refractivity contribution in [2.24, 2.45) is 0 Å². The van der Waals surface area contributed by atoms with E-state index in [1.54, 1.807) is 13.4 Å². The summed E-state index contributed by atoms with van der Waals surface area (Å²) in [6, 6.07) is 10.8. The van der Waals surface area contributed by atoms with Gasteiger partial charge in [-0.25, -0.2) is 14.6 Å². The van der Waals surface area contributed by atoms with Gasteiger partial charge in [-0.15, -0.1) is 0 Å². The Balaban J connectivity index is 1.26. The Labute approximate surface area is 222 Å². The number of hydrogen-bond acceptors (Lipinski definition) is 9. The number of rotatable bonds is 7. The average molecular weight is 517 g/mol. The minimum atomic E-state index is 0.292. The third-order valence-corrected chi connectivity index (χ3v) is 8.09. The number of nitrogens with two attached hydrogens (primary N) is 1. The number of benzene rings is 1. The van der Waals surface area contributed by atoms with E-state index in [1.165, 1.54) is 32.3 Å². The monoisotopic (exact) mass is 516 g/mol. The molecule has 10 heteroatoms. The third-order valence-electron chi connectivity index (χ3n) is 8.09. The molecule has 0 atom stereocenters. The molecular weight excluding hydrogens is 480 g/mol. The fourth-order valence-corrected chi connectivity index (χ4v) is 5.89. The zero-order valence-corrected chi connectivity index (χ0v) is 22.1. The van der Waals surface area contributed by atoms with Crippen LogP contribution >= 0.6 is 0 Å². The zero-order chi connectivity index (χ0) is 26.1. The largest absolute Gasteiger partial charge is 0.495 e. The minimum Gasteiger partial charge on any atom is -0.495 e. The lowest BCUT2D eigenvalue weighted by Gasteiger charge is -2.41. The van der Waals surface area contributed by atoms with Gasteiger partial charge in [0.1, 0.15) is 29.3 Å². The van der Waals surface area contributed by atoms with Crippen molar-refractivity contribution >= 4 is 22.5 Å². The van der Waals surface area contributed by atoms with Crippen molar-refractivity contribution in [2.75, 3.05) is 51.4 Å². The predicted octanol–water partition coefficient (Wildman–Crippen LogP) is 4.02. The maximum Gasteiger partial charge on any atom is 0.164 e. The van der Waals surface area contributed by atoms with Crippen molar-refractivity contribution in [1.29, 1.82) is 0 Å². The number of nitrogens with one attached hydrogen (secondary N) is 1. The van der Waals surface area contributed by atoms with Crippen molar-refractivity contribution in [3.63, 3.8) is 0 Å². The van der Waals surface area contributed by atoms with Crippen molar-refractivity contribution in [1.82, 2.24) is 29.5 Å². The summed E-state index contributed by atoms with van der Waals surface area (Å²) >= 11 is 0. The predicted molar refractivity (Wildman–Crippen MR) is 148 cm³/mol. The van der Waals surface area contributed by atoms with Crippen LogP contribution < -0.4 is 15.8 Å². The molecule has 1 aliphatic carbocycles. The zero-order valence-electron chi connectivity index (χ0n) is 22.1. The van der Waals surface area contributed by atoms with E-state index in [9.17, 15) is 0 Å². The van der Waals surface area contributed by atoms with Gasteiger partial charge >= 0.3 is 0 Å². The lowest BCUT2D eigenvalue weighted by atomic mass is 9.90.